The Balaban J connectivity index is 1.85. The van der Waals surface area contributed by atoms with E-state index in [0.717, 1.165) is 4.31 Å². The zero-order valence-electron chi connectivity index (χ0n) is 21.1. The second kappa shape index (κ2) is 11.6. The summed E-state index contributed by atoms with van der Waals surface area (Å²) in [5.41, 5.74) is 0.293. The lowest BCUT2D eigenvalue weighted by atomic mass is 10.2. The number of anilines is 1. The van der Waals surface area contributed by atoms with Gasteiger partial charge in [0.2, 0.25) is 26.0 Å². The first-order chi connectivity index (χ1) is 17.4. The number of nitrogens with one attached hydrogen (secondary N) is 1. The monoisotopic (exact) mass is 553 g/mol. The first-order valence-corrected chi connectivity index (χ1v) is 14.6. The van der Waals surface area contributed by atoms with E-state index in [-0.39, 0.29) is 22.8 Å². The number of methoxy groups -OCH3 is 1. The van der Waals surface area contributed by atoms with Gasteiger partial charge in [0.25, 0.3) is 0 Å². The molecule has 2 aromatic carbocycles. The van der Waals surface area contributed by atoms with E-state index in [1.165, 1.54) is 66.9 Å². The van der Waals surface area contributed by atoms with Crippen LogP contribution in [-0.2, 0) is 34.4 Å². The maximum Gasteiger partial charge on any atom is 0.302 e. The molecule has 0 unspecified atom stereocenters. The summed E-state index contributed by atoms with van der Waals surface area (Å²) in [5, 5.41) is 2.65. The Hall–Kier alpha value is -3.00. The van der Waals surface area contributed by atoms with Gasteiger partial charge >= 0.3 is 5.97 Å². The molecule has 1 amide bonds. The number of carbonyl (C=O) groups is 2. The average molecular weight is 554 g/mol. The predicted molar refractivity (Wildman–Crippen MR) is 136 cm³/mol. The highest BCUT2D eigenvalue weighted by molar-refractivity contribution is 7.89. The minimum Gasteiger partial charge on any atom is -0.497 e. The molecule has 0 spiro atoms. The molecule has 2 aromatic rings. The van der Waals surface area contributed by atoms with Crippen molar-refractivity contribution >= 4 is 37.6 Å². The molecule has 37 heavy (non-hydrogen) atoms. The van der Waals surface area contributed by atoms with Crippen LogP contribution >= 0.6 is 0 Å². The Morgan fingerprint density at radius 3 is 2.05 bits per heavy atom. The normalized spacial score (nSPS) is 18.5. The number of nitrogens with zero attached hydrogens (tertiary/aromatic N) is 2. The smallest absolute Gasteiger partial charge is 0.302 e. The lowest BCUT2D eigenvalue weighted by molar-refractivity contribution is -0.145. The number of hydrogen-bond acceptors (Lipinski definition) is 8. The molecule has 11 nitrogen and oxygen atoms in total. The van der Waals surface area contributed by atoms with Crippen LogP contribution in [0.1, 0.15) is 27.2 Å². The first kappa shape index (κ1) is 28.6. The summed E-state index contributed by atoms with van der Waals surface area (Å²) in [5.74, 6) is -0.747. The van der Waals surface area contributed by atoms with Gasteiger partial charge in [-0.25, -0.2) is 16.8 Å². The highest BCUT2D eigenvalue weighted by Gasteiger charge is 2.45. The molecular formula is C24H31N3O8S2. The Morgan fingerprint density at radius 2 is 1.54 bits per heavy atom. The molecule has 0 bridgehead atoms. The molecular weight excluding hydrogens is 522 g/mol. The highest BCUT2D eigenvalue weighted by atomic mass is 32.2. The molecule has 1 N–H and O–H groups in total. The second-order valence-electron chi connectivity index (χ2n) is 8.34. The van der Waals surface area contributed by atoms with Crippen LogP contribution in [0.15, 0.2) is 58.3 Å². The van der Waals surface area contributed by atoms with Gasteiger partial charge in [0.05, 0.1) is 23.4 Å². The van der Waals surface area contributed by atoms with Crippen molar-refractivity contribution in [3.05, 3.63) is 48.5 Å². The van der Waals surface area contributed by atoms with Gasteiger partial charge in [-0.1, -0.05) is 13.8 Å². The van der Waals surface area contributed by atoms with Gasteiger partial charge < -0.3 is 14.8 Å². The lowest BCUT2D eigenvalue weighted by Gasteiger charge is -2.23. The van der Waals surface area contributed by atoms with Crippen LogP contribution in [0.2, 0.25) is 0 Å². The average Bonchev–Trinajstić information content (AvgIpc) is 3.29. The van der Waals surface area contributed by atoms with E-state index in [4.69, 9.17) is 9.47 Å². The van der Waals surface area contributed by atoms with Crippen molar-refractivity contribution in [2.24, 2.45) is 0 Å². The number of hydrogen-bond donors (Lipinski definition) is 1. The van der Waals surface area contributed by atoms with E-state index in [0.29, 0.717) is 24.5 Å². The van der Waals surface area contributed by atoms with Crippen LogP contribution in [0.3, 0.4) is 0 Å². The molecule has 202 valence electrons. The van der Waals surface area contributed by atoms with Gasteiger partial charge in [0, 0.05) is 32.1 Å². The maximum atomic E-state index is 13.4. The molecule has 1 aliphatic rings. The molecule has 1 heterocycles. The maximum absolute atomic E-state index is 13.4. The summed E-state index contributed by atoms with van der Waals surface area (Å²) in [6.45, 7) is 5.15. The van der Waals surface area contributed by atoms with Crippen molar-refractivity contribution in [1.82, 2.24) is 8.61 Å². The van der Waals surface area contributed by atoms with Gasteiger partial charge in [-0.3, -0.25) is 9.59 Å². The van der Waals surface area contributed by atoms with E-state index in [1.807, 2.05) is 0 Å². The number of esters is 1. The van der Waals surface area contributed by atoms with E-state index in [9.17, 15) is 26.4 Å². The number of rotatable bonds is 10. The van der Waals surface area contributed by atoms with Crippen molar-refractivity contribution in [2.75, 3.05) is 32.1 Å². The Morgan fingerprint density at radius 1 is 0.973 bits per heavy atom. The van der Waals surface area contributed by atoms with Gasteiger partial charge in [-0.05, 0) is 48.5 Å². The zero-order valence-corrected chi connectivity index (χ0v) is 22.7. The molecule has 1 aliphatic heterocycles. The minimum absolute atomic E-state index is 0.0325. The quantitative estimate of drug-likeness (QED) is 0.441. The van der Waals surface area contributed by atoms with Crippen molar-refractivity contribution in [3.63, 3.8) is 0 Å². The number of amides is 1. The fourth-order valence-electron chi connectivity index (χ4n) is 4.12. The van der Waals surface area contributed by atoms with Crippen LogP contribution in [0.4, 0.5) is 5.69 Å². The molecule has 0 saturated carbocycles. The number of ether oxygens (including phenoxy) is 2. The third kappa shape index (κ3) is 6.29. The van der Waals surface area contributed by atoms with Crippen LogP contribution in [0, 0.1) is 0 Å². The fraction of sp³-hybridized carbons (Fsp3) is 0.417. The SMILES string of the molecule is CCN(CC)S(=O)(=O)c1ccc(NC(=O)[C@H]2C[C@H](OC(C)=O)CN2S(=O)(=O)c2ccc(OC)cc2)cc1. The molecule has 0 aliphatic carbocycles. The van der Waals surface area contributed by atoms with Crippen LogP contribution < -0.4 is 10.1 Å². The summed E-state index contributed by atoms with van der Waals surface area (Å²) in [6, 6.07) is 10.2. The van der Waals surface area contributed by atoms with Crippen molar-refractivity contribution in [1.29, 1.82) is 0 Å². The molecule has 2 atom stereocenters. The van der Waals surface area contributed by atoms with Crippen LogP contribution in [-0.4, -0.2) is 76.2 Å². The van der Waals surface area contributed by atoms with E-state index >= 15 is 0 Å². The molecule has 0 aromatic heterocycles. The first-order valence-electron chi connectivity index (χ1n) is 11.7. The highest BCUT2D eigenvalue weighted by Crippen LogP contribution is 2.30. The zero-order chi connectivity index (χ0) is 27.4. The van der Waals surface area contributed by atoms with Gasteiger partial charge in [-0.2, -0.15) is 8.61 Å². The standard InChI is InChI=1S/C24H31N3O8S2/c1-5-26(6-2)36(30,31)21-11-7-18(8-12-21)25-24(29)23-15-20(35-17(3)28)16-27(23)37(32,33)22-13-9-19(34-4)10-14-22/h7-14,20,23H,5-6,15-16H2,1-4H3,(H,25,29)/t20-,23+/m0/s1. The van der Waals surface area contributed by atoms with Crippen molar-refractivity contribution in [3.8, 4) is 5.75 Å². The predicted octanol–water partition coefficient (Wildman–Crippen LogP) is 2.06. The lowest BCUT2D eigenvalue weighted by Crippen LogP contribution is -2.43. The molecule has 3 rings (SSSR count). The minimum atomic E-state index is -4.12. The van der Waals surface area contributed by atoms with E-state index in [1.54, 1.807) is 13.8 Å². The number of carbonyl (C=O) groups excluding carboxylic acids is 2. The van der Waals surface area contributed by atoms with Gasteiger partial charge in [-0.15, -0.1) is 0 Å². The number of benzene rings is 2. The van der Waals surface area contributed by atoms with Crippen molar-refractivity contribution < 1.29 is 35.9 Å². The Labute approximate surface area is 217 Å². The summed E-state index contributed by atoms with van der Waals surface area (Å²) in [6.07, 6.45) is -0.835. The third-order valence-corrected chi connectivity index (χ3v) is 9.94. The third-order valence-electron chi connectivity index (χ3n) is 5.98. The second-order valence-corrected chi connectivity index (χ2v) is 12.2. The Kier molecular flexibility index (Phi) is 8.95. The largest absolute Gasteiger partial charge is 0.497 e. The Bertz CT molecular complexity index is 1320. The number of sulfonamides is 2. The summed E-state index contributed by atoms with van der Waals surface area (Å²) in [4.78, 5) is 24.8. The fourth-order valence-corrected chi connectivity index (χ4v) is 7.21. The van der Waals surface area contributed by atoms with Crippen molar-refractivity contribution in [2.45, 2.75) is 49.1 Å². The summed E-state index contributed by atoms with van der Waals surface area (Å²) < 4.78 is 64.8. The van der Waals surface area contributed by atoms with Crippen LogP contribution in [0.25, 0.3) is 0 Å². The summed E-state index contributed by atoms with van der Waals surface area (Å²) in [7, 11) is -6.33. The molecule has 1 saturated heterocycles. The van der Waals surface area contributed by atoms with Gasteiger partial charge in [0.15, 0.2) is 0 Å². The van der Waals surface area contributed by atoms with Gasteiger partial charge in [0.1, 0.15) is 17.9 Å². The van der Waals surface area contributed by atoms with E-state index in [2.05, 4.69) is 5.32 Å². The van der Waals surface area contributed by atoms with Crippen LogP contribution in [0.5, 0.6) is 5.75 Å². The molecule has 1 fully saturated rings. The summed E-state index contributed by atoms with van der Waals surface area (Å²) >= 11 is 0. The molecule has 13 heteroatoms. The van der Waals surface area contributed by atoms with E-state index < -0.39 is 44.1 Å². The molecule has 0 radical (unpaired) electrons. The topological polar surface area (TPSA) is 139 Å².